The molecule has 1 aliphatic rings. The molecule has 1 N–H and O–H groups in total. The quantitative estimate of drug-likeness (QED) is 0.642. The molecule has 72 valence electrons. The number of rotatable bonds is 0. The maximum atomic E-state index is 11.2. The number of amides is 1. The first kappa shape index (κ1) is 9.84. The van der Waals surface area contributed by atoms with Crippen molar-refractivity contribution >= 4 is 5.91 Å². The minimum atomic E-state index is 0.0544. The number of aryl methyl sites for hydroxylation is 1. The third-order valence-corrected chi connectivity index (χ3v) is 2.05. The zero-order chi connectivity index (χ0) is 9.84. The standard InChI is InChI=1S/C8H10N2O.C2H6/c1-10-5-3-6-2-4-9-8(11)7(6)10;1-2/h3,5H,2,4H2,1H3,(H,9,11);1-2H3. The van der Waals surface area contributed by atoms with Gasteiger partial charge in [-0.05, 0) is 18.1 Å². The smallest absolute Gasteiger partial charge is 0.268 e. The minimum absolute atomic E-state index is 0.0544. The molecule has 1 amide bonds. The fraction of sp³-hybridized carbons (Fsp3) is 0.500. The lowest BCUT2D eigenvalue weighted by Crippen LogP contribution is -2.32. The maximum Gasteiger partial charge on any atom is 0.268 e. The van der Waals surface area contributed by atoms with Crippen LogP contribution in [0.2, 0.25) is 0 Å². The van der Waals surface area contributed by atoms with Crippen LogP contribution in [0.1, 0.15) is 29.9 Å². The van der Waals surface area contributed by atoms with Crippen molar-refractivity contribution < 1.29 is 4.79 Å². The summed E-state index contributed by atoms with van der Waals surface area (Å²) in [6.45, 7) is 4.77. The third kappa shape index (κ3) is 1.74. The molecule has 0 aliphatic carbocycles. The molecule has 0 saturated carbocycles. The first-order valence-corrected chi connectivity index (χ1v) is 4.71. The van der Waals surface area contributed by atoms with E-state index in [1.165, 1.54) is 0 Å². The summed E-state index contributed by atoms with van der Waals surface area (Å²) in [5, 5.41) is 2.81. The van der Waals surface area contributed by atoms with Gasteiger partial charge in [0.25, 0.3) is 5.91 Å². The minimum Gasteiger partial charge on any atom is -0.350 e. The lowest BCUT2D eigenvalue weighted by molar-refractivity contribution is 0.0937. The Balaban J connectivity index is 0.000000396. The van der Waals surface area contributed by atoms with Crippen molar-refractivity contribution in [1.29, 1.82) is 0 Å². The van der Waals surface area contributed by atoms with E-state index in [1.54, 1.807) is 0 Å². The Labute approximate surface area is 78.8 Å². The van der Waals surface area contributed by atoms with Gasteiger partial charge in [0.2, 0.25) is 0 Å². The molecule has 0 radical (unpaired) electrons. The van der Waals surface area contributed by atoms with Crippen LogP contribution in [0.3, 0.4) is 0 Å². The van der Waals surface area contributed by atoms with Gasteiger partial charge in [0, 0.05) is 19.8 Å². The van der Waals surface area contributed by atoms with Gasteiger partial charge in [-0.1, -0.05) is 13.8 Å². The Hall–Kier alpha value is -1.25. The zero-order valence-corrected chi connectivity index (χ0v) is 8.42. The molecule has 1 aliphatic heterocycles. The van der Waals surface area contributed by atoms with Crippen LogP contribution in [0.4, 0.5) is 0 Å². The Bertz CT molecular complexity index is 302. The molecule has 1 aromatic heterocycles. The number of hydrogen-bond acceptors (Lipinski definition) is 1. The average molecular weight is 180 g/mol. The second-order valence-electron chi connectivity index (χ2n) is 2.81. The van der Waals surface area contributed by atoms with E-state index in [2.05, 4.69) is 5.32 Å². The van der Waals surface area contributed by atoms with Crippen LogP contribution in [-0.2, 0) is 13.5 Å². The number of carbonyl (C=O) groups excluding carboxylic acids is 1. The topological polar surface area (TPSA) is 34.0 Å². The summed E-state index contributed by atoms with van der Waals surface area (Å²) in [5.41, 5.74) is 1.98. The van der Waals surface area contributed by atoms with Gasteiger partial charge >= 0.3 is 0 Å². The van der Waals surface area contributed by atoms with Gasteiger partial charge in [-0.25, -0.2) is 0 Å². The van der Waals surface area contributed by atoms with Crippen LogP contribution < -0.4 is 5.32 Å². The maximum absolute atomic E-state index is 11.2. The summed E-state index contributed by atoms with van der Waals surface area (Å²) in [7, 11) is 1.89. The van der Waals surface area contributed by atoms with Crippen LogP contribution >= 0.6 is 0 Å². The summed E-state index contributed by atoms with van der Waals surface area (Å²) in [6.07, 6.45) is 2.89. The highest BCUT2D eigenvalue weighted by atomic mass is 16.2. The number of nitrogens with zero attached hydrogens (tertiary/aromatic N) is 1. The van der Waals surface area contributed by atoms with Crippen LogP contribution in [0.25, 0.3) is 0 Å². The number of nitrogens with one attached hydrogen (secondary N) is 1. The van der Waals surface area contributed by atoms with Gasteiger partial charge in [-0.3, -0.25) is 4.79 Å². The van der Waals surface area contributed by atoms with Crippen molar-refractivity contribution in [3.63, 3.8) is 0 Å². The predicted molar refractivity (Wildman–Crippen MR) is 52.8 cm³/mol. The second kappa shape index (κ2) is 4.12. The molecule has 3 heteroatoms. The molecule has 0 saturated heterocycles. The van der Waals surface area contributed by atoms with Crippen molar-refractivity contribution in [2.24, 2.45) is 7.05 Å². The van der Waals surface area contributed by atoms with E-state index in [4.69, 9.17) is 0 Å². The molecule has 0 unspecified atom stereocenters. The van der Waals surface area contributed by atoms with E-state index in [0.29, 0.717) is 0 Å². The van der Waals surface area contributed by atoms with E-state index in [1.807, 2.05) is 37.7 Å². The van der Waals surface area contributed by atoms with E-state index in [-0.39, 0.29) is 5.91 Å². The van der Waals surface area contributed by atoms with Crippen molar-refractivity contribution in [3.05, 3.63) is 23.5 Å². The van der Waals surface area contributed by atoms with Crippen LogP contribution in [0.5, 0.6) is 0 Å². The van der Waals surface area contributed by atoms with Crippen LogP contribution in [0, 0.1) is 0 Å². The van der Waals surface area contributed by atoms with Crippen LogP contribution in [0.15, 0.2) is 12.3 Å². The molecule has 0 aromatic carbocycles. The average Bonchev–Trinajstić information content (AvgIpc) is 2.53. The fourth-order valence-corrected chi connectivity index (χ4v) is 1.48. The normalized spacial score (nSPS) is 13.9. The largest absolute Gasteiger partial charge is 0.350 e. The monoisotopic (exact) mass is 180 g/mol. The van der Waals surface area contributed by atoms with E-state index in [0.717, 1.165) is 24.2 Å². The Morgan fingerprint density at radius 3 is 2.77 bits per heavy atom. The molecule has 0 spiro atoms. The highest BCUT2D eigenvalue weighted by molar-refractivity contribution is 5.95. The first-order valence-electron chi connectivity index (χ1n) is 4.71. The van der Waals surface area contributed by atoms with Crippen molar-refractivity contribution in [2.75, 3.05) is 6.54 Å². The molecule has 1 aromatic rings. The van der Waals surface area contributed by atoms with Gasteiger partial charge in [-0.15, -0.1) is 0 Å². The number of carbonyl (C=O) groups is 1. The Morgan fingerprint density at radius 2 is 2.15 bits per heavy atom. The summed E-state index contributed by atoms with van der Waals surface area (Å²) in [5.74, 6) is 0.0544. The molecule has 0 atom stereocenters. The van der Waals surface area contributed by atoms with Crippen molar-refractivity contribution in [3.8, 4) is 0 Å². The number of hydrogen-bond donors (Lipinski definition) is 1. The number of fused-ring (bicyclic) bond motifs is 1. The molecule has 0 bridgehead atoms. The molecule has 0 fully saturated rings. The SMILES string of the molecule is CC.Cn1ccc2c1C(=O)NCC2. The molecular formula is C10H16N2O. The van der Waals surface area contributed by atoms with E-state index >= 15 is 0 Å². The van der Waals surface area contributed by atoms with Gasteiger partial charge in [0.1, 0.15) is 5.69 Å². The van der Waals surface area contributed by atoms with Crippen molar-refractivity contribution in [1.82, 2.24) is 9.88 Å². The molecule has 2 rings (SSSR count). The van der Waals surface area contributed by atoms with Gasteiger partial charge in [-0.2, -0.15) is 0 Å². The summed E-state index contributed by atoms with van der Waals surface area (Å²) in [4.78, 5) is 11.2. The third-order valence-electron chi connectivity index (χ3n) is 2.05. The number of aromatic nitrogens is 1. The fourth-order valence-electron chi connectivity index (χ4n) is 1.48. The summed E-state index contributed by atoms with van der Waals surface area (Å²) >= 11 is 0. The molecule has 13 heavy (non-hydrogen) atoms. The molecular weight excluding hydrogens is 164 g/mol. The van der Waals surface area contributed by atoms with Crippen molar-refractivity contribution in [2.45, 2.75) is 20.3 Å². The Kier molecular flexibility index (Phi) is 3.12. The van der Waals surface area contributed by atoms with Gasteiger partial charge < -0.3 is 9.88 Å². The molecule has 3 nitrogen and oxygen atoms in total. The summed E-state index contributed by atoms with van der Waals surface area (Å²) < 4.78 is 1.86. The van der Waals surface area contributed by atoms with Gasteiger partial charge in [0.05, 0.1) is 0 Å². The lowest BCUT2D eigenvalue weighted by Gasteiger charge is -2.13. The predicted octanol–water partition coefficient (Wildman–Crippen LogP) is 1.34. The highest BCUT2D eigenvalue weighted by Gasteiger charge is 2.18. The zero-order valence-electron chi connectivity index (χ0n) is 8.42. The second-order valence-corrected chi connectivity index (χ2v) is 2.81. The van der Waals surface area contributed by atoms with E-state index in [9.17, 15) is 4.79 Å². The highest BCUT2D eigenvalue weighted by Crippen LogP contribution is 2.13. The Morgan fingerprint density at radius 1 is 1.46 bits per heavy atom. The lowest BCUT2D eigenvalue weighted by atomic mass is 10.1. The van der Waals surface area contributed by atoms with Crippen LogP contribution in [-0.4, -0.2) is 17.0 Å². The molecule has 2 heterocycles. The first-order chi connectivity index (χ1) is 6.29. The van der Waals surface area contributed by atoms with Gasteiger partial charge in [0.15, 0.2) is 0 Å². The van der Waals surface area contributed by atoms with E-state index < -0.39 is 0 Å². The summed E-state index contributed by atoms with van der Waals surface area (Å²) in [6, 6.07) is 2.01.